The fraction of sp³-hybridized carbons (Fsp3) is 0.444. The molecular formula is C18H20FNO3. The minimum absolute atomic E-state index is 0.0735. The van der Waals surface area contributed by atoms with Crippen molar-refractivity contribution in [3.63, 3.8) is 0 Å². The number of hydrogen-bond donors (Lipinski definition) is 0. The summed E-state index contributed by atoms with van der Waals surface area (Å²) in [5, 5.41) is 0. The lowest BCUT2D eigenvalue weighted by Gasteiger charge is -2.30. The number of carbonyl (C=O) groups is 2. The van der Waals surface area contributed by atoms with Crippen LogP contribution < -0.4 is 0 Å². The maximum Gasteiger partial charge on any atom is 0.330 e. The van der Waals surface area contributed by atoms with Gasteiger partial charge in [-0.3, -0.25) is 4.79 Å². The number of amides is 1. The van der Waals surface area contributed by atoms with Gasteiger partial charge in [0.15, 0.2) is 0 Å². The van der Waals surface area contributed by atoms with Crippen molar-refractivity contribution in [1.29, 1.82) is 0 Å². The minimum Gasteiger partial charge on any atom is -0.463 e. The highest BCUT2D eigenvalue weighted by atomic mass is 19.1. The molecule has 0 N–H and O–H groups in total. The molecule has 2 aliphatic rings. The normalized spacial score (nSPS) is 22.8. The molecule has 0 spiro atoms. The standard InChI is InChI=1S/C18H20FNO3/c1-2-23-17(21)7-6-12-4-3-5-13-11-20(9-8-14(12)13)18(22)15-10-16(15)19/h3-7,15-16H,2,8-11H2,1H3/b7-6+/t15-,16+/m1/s1. The van der Waals surface area contributed by atoms with E-state index >= 15 is 0 Å². The summed E-state index contributed by atoms with van der Waals surface area (Å²) in [6.07, 6.45) is 3.31. The monoisotopic (exact) mass is 317 g/mol. The van der Waals surface area contributed by atoms with Crippen molar-refractivity contribution >= 4 is 18.0 Å². The van der Waals surface area contributed by atoms with Gasteiger partial charge in [-0.15, -0.1) is 0 Å². The first kappa shape index (κ1) is 15.7. The summed E-state index contributed by atoms with van der Waals surface area (Å²) in [5.41, 5.74) is 3.17. The Labute approximate surface area is 134 Å². The molecule has 2 atom stereocenters. The first-order chi connectivity index (χ1) is 11.1. The molecule has 1 aromatic carbocycles. The predicted molar refractivity (Wildman–Crippen MR) is 84.2 cm³/mol. The van der Waals surface area contributed by atoms with Crippen LogP contribution in [0.2, 0.25) is 0 Å². The first-order valence-electron chi connectivity index (χ1n) is 7.98. The lowest BCUT2D eigenvalue weighted by atomic mass is 9.94. The van der Waals surface area contributed by atoms with Crippen molar-refractivity contribution in [3.8, 4) is 0 Å². The molecule has 122 valence electrons. The Bertz CT molecular complexity index is 656. The van der Waals surface area contributed by atoms with Crippen molar-refractivity contribution in [1.82, 2.24) is 4.90 Å². The van der Waals surface area contributed by atoms with E-state index in [2.05, 4.69) is 0 Å². The van der Waals surface area contributed by atoms with Gasteiger partial charge in [-0.25, -0.2) is 9.18 Å². The van der Waals surface area contributed by atoms with Crippen LogP contribution in [0.15, 0.2) is 24.3 Å². The van der Waals surface area contributed by atoms with E-state index in [1.165, 1.54) is 6.08 Å². The summed E-state index contributed by atoms with van der Waals surface area (Å²) in [5.74, 6) is -0.862. The Morgan fingerprint density at radius 3 is 2.91 bits per heavy atom. The van der Waals surface area contributed by atoms with Crippen LogP contribution in [-0.2, 0) is 27.3 Å². The first-order valence-corrected chi connectivity index (χ1v) is 7.98. The average molecular weight is 317 g/mol. The zero-order valence-electron chi connectivity index (χ0n) is 13.1. The molecule has 1 heterocycles. The fourth-order valence-electron chi connectivity index (χ4n) is 2.99. The third kappa shape index (κ3) is 3.44. The van der Waals surface area contributed by atoms with Gasteiger partial charge in [-0.05, 0) is 42.5 Å². The minimum atomic E-state index is -0.956. The SMILES string of the molecule is CCOC(=O)/C=C/c1cccc2c1CCN(C(=O)[C@@H]1C[C@@H]1F)C2. The third-order valence-electron chi connectivity index (χ3n) is 4.33. The smallest absolute Gasteiger partial charge is 0.330 e. The zero-order valence-corrected chi connectivity index (χ0v) is 13.1. The molecule has 0 radical (unpaired) electrons. The fourth-order valence-corrected chi connectivity index (χ4v) is 2.99. The van der Waals surface area contributed by atoms with Crippen LogP contribution >= 0.6 is 0 Å². The van der Waals surface area contributed by atoms with Crippen molar-refractivity contribution < 1.29 is 18.7 Å². The van der Waals surface area contributed by atoms with E-state index in [0.717, 1.165) is 16.7 Å². The number of carbonyl (C=O) groups excluding carboxylic acids is 2. The van der Waals surface area contributed by atoms with Gasteiger partial charge in [0.05, 0.1) is 12.5 Å². The molecule has 4 nitrogen and oxygen atoms in total. The van der Waals surface area contributed by atoms with E-state index in [9.17, 15) is 14.0 Å². The molecule has 1 aliphatic carbocycles. The topological polar surface area (TPSA) is 46.6 Å². The van der Waals surface area contributed by atoms with Gasteiger partial charge in [-0.2, -0.15) is 0 Å². The van der Waals surface area contributed by atoms with Crippen molar-refractivity contribution in [3.05, 3.63) is 41.0 Å². The lowest BCUT2D eigenvalue weighted by Crippen LogP contribution is -2.37. The van der Waals surface area contributed by atoms with Crippen LogP contribution in [0.3, 0.4) is 0 Å². The molecule has 1 aliphatic heterocycles. The summed E-state index contributed by atoms with van der Waals surface area (Å²) in [4.78, 5) is 25.3. The Kier molecular flexibility index (Phi) is 4.46. The Balaban J connectivity index is 1.73. The van der Waals surface area contributed by atoms with Crippen LogP contribution in [0.5, 0.6) is 0 Å². The number of fused-ring (bicyclic) bond motifs is 1. The Morgan fingerprint density at radius 2 is 2.22 bits per heavy atom. The van der Waals surface area contributed by atoms with Crippen LogP contribution in [0.4, 0.5) is 4.39 Å². The van der Waals surface area contributed by atoms with Gasteiger partial charge in [0, 0.05) is 19.2 Å². The van der Waals surface area contributed by atoms with Gasteiger partial charge in [0.25, 0.3) is 0 Å². The molecule has 0 aromatic heterocycles. The number of esters is 1. The zero-order chi connectivity index (χ0) is 16.4. The summed E-state index contributed by atoms with van der Waals surface area (Å²) < 4.78 is 18.0. The second-order valence-corrected chi connectivity index (χ2v) is 5.94. The highest BCUT2D eigenvalue weighted by molar-refractivity contribution is 5.87. The lowest BCUT2D eigenvalue weighted by molar-refractivity contribution is -0.137. The van der Waals surface area contributed by atoms with Crippen LogP contribution in [-0.4, -0.2) is 36.1 Å². The molecule has 0 unspecified atom stereocenters. The molecule has 23 heavy (non-hydrogen) atoms. The molecule has 3 rings (SSSR count). The second-order valence-electron chi connectivity index (χ2n) is 5.94. The molecule has 5 heteroatoms. The molecule has 0 bridgehead atoms. The van der Waals surface area contributed by atoms with Crippen LogP contribution in [0.25, 0.3) is 6.08 Å². The molecule has 1 aromatic rings. The van der Waals surface area contributed by atoms with Crippen molar-refractivity contribution in [2.75, 3.05) is 13.2 Å². The highest BCUT2D eigenvalue weighted by Gasteiger charge is 2.46. The second kappa shape index (κ2) is 6.52. The van der Waals surface area contributed by atoms with E-state index in [0.29, 0.717) is 32.5 Å². The van der Waals surface area contributed by atoms with Gasteiger partial charge in [0.1, 0.15) is 6.17 Å². The summed E-state index contributed by atoms with van der Waals surface area (Å²) in [6.45, 7) is 3.23. The largest absolute Gasteiger partial charge is 0.463 e. The average Bonchev–Trinajstić information content (AvgIpc) is 3.28. The van der Waals surface area contributed by atoms with E-state index < -0.39 is 12.1 Å². The van der Waals surface area contributed by atoms with Gasteiger partial charge >= 0.3 is 5.97 Å². The van der Waals surface area contributed by atoms with Gasteiger partial charge < -0.3 is 9.64 Å². The third-order valence-corrected chi connectivity index (χ3v) is 4.33. The summed E-state index contributed by atoms with van der Waals surface area (Å²) in [6, 6.07) is 5.84. The molecule has 1 saturated carbocycles. The molecular weight excluding hydrogens is 297 g/mol. The van der Waals surface area contributed by atoms with Gasteiger partial charge in [-0.1, -0.05) is 18.2 Å². The highest BCUT2D eigenvalue weighted by Crippen LogP contribution is 2.36. The number of alkyl halides is 1. The van der Waals surface area contributed by atoms with E-state index in [1.807, 2.05) is 18.2 Å². The summed E-state index contributed by atoms with van der Waals surface area (Å²) >= 11 is 0. The Morgan fingerprint density at radius 1 is 1.43 bits per heavy atom. The maximum atomic E-state index is 13.1. The van der Waals surface area contributed by atoms with E-state index in [1.54, 1.807) is 17.9 Å². The molecule has 1 amide bonds. The number of ether oxygens (including phenoxy) is 1. The van der Waals surface area contributed by atoms with Crippen molar-refractivity contribution in [2.24, 2.45) is 5.92 Å². The summed E-state index contributed by atoms with van der Waals surface area (Å²) in [7, 11) is 0. The quantitative estimate of drug-likeness (QED) is 0.633. The van der Waals surface area contributed by atoms with E-state index in [4.69, 9.17) is 4.74 Å². The van der Waals surface area contributed by atoms with Crippen molar-refractivity contribution in [2.45, 2.75) is 32.5 Å². The van der Waals surface area contributed by atoms with Crippen LogP contribution in [0.1, 0.15) is 30.0 Å². The number of nitrogens with zero attached hydrogens (tertiary/aromatic N) is 1. The predicted octanol–water partition coefficient (Wildman–Crippen LogP) is 2.51. The van der Waals surface area contributed by atoms with E-state index in [-0.39, 0.29) is 11.9 Å². The molecule has 0 saturated heterocycles. The number of benzene rings is 1. The Hall–Kier alpha value is -2.17. The number of rotatable bonds is 4. The van der Waals surface area contributed by atoms with Gasteiger partial charge in [0.2, 0.25) is 5.91 Å². The van der Waals surface area contributed by atoms with Crippen LogP contribution in [0, 0.1) is 5.92 Å². The number of halogens is 1. The maximum absolute atomic E-state index is 13.1. The number of hydrogen-bond acceptors (Lipinski definition) is 3. The molecule has 1 fully saturated rings.